The third-order valence-electron chi connectivity index (χ3n) is 10.4. The number of unbranched alkanes of at least 4 members (excludes halogenated alkanes) is 2. The Morgan fingerprint density at radius 3 is 2.61 bits per heavy atom. The second-order valence-corrected chi connectivity index (χ2v) is 13.0. The van der Waals surface area contributed by atoms with Gasteiger partial charge in [0.05, 0.1) is 0 Å². The molecule has 3 fully saturated rings. The summed E-state index contributed by atoms with van der Waals surface area (Å²) in [5.41, 5.74) is 2.93. The van der Waals surface area contributed by atoms with Gasteiger partial charge >= 0.3 is 0 Å². The van der Waals surface area contributed by atoms with Crippen molar-refractivity contribution in [2.45, 2.75) is 110 Å². The first kappa shape index (κ1) is 21.5. The van der Waals surface area contributed by atoms with E-state index in [-0.39, 0.29) is 0 Å². The van der Waals surface area contributed by atoms with Crippen molar-refractivity contribution in [3.05, 3.63) is 11.6 Å². The molecule has 0 aromatic heterocycles. The van der Waals surface area contributed by atoms with Crippen LogP contribution in [0, 0.1) is 46.3 Å². The van der Waals surface area contributed by atoms with Gasteiger partial charge in [0.2, 0.25) is 0 Å². The molecule has 0 aliphatic heterocycles. The van der Waals surface area contributed by atoms with E-state index in [1.807, 2.05) is 5.57 Å². The first-order valence-corrected chi connectivity index (χ1v) is 13.6. The minimum absolute atomic E-state index is 0.508. The van der Waals surface area contributed by atoms with E-state index in [2.05, 4.69) is 56.6 Å². The predicted octanol–water partition coefficient (Wildman–Crippen LogP) is 8.79. The van der Waals surface area contributed by atoms with Crippen molar-refractivity contribution in [1.29, 1.82) is 0 Å². The fourth-order valence-corrected chi connectivity index (χ4v) is 9.73. The summed E-state index contributed by atoms with van der Waals surface area (Å²) in [7, 11) is 0. The highest BCUT2D eigenvalue weighted by Gasteiger charge is 2.60. The van der Waals surface area contributed by atoms with Crippen LogP contribution < -0.4 is 0 Å². The van der Waals surface area contributed by atoms with E-state index in [0.29, 0.717) is 15.7 Å². The van der Waals surface area contributed by atoms with Gasteiger partial charge in [-0.1, -0.05) is 87.9 Å². The largest absolute Gasteiger partial charge is 0.0842 e. The van der Waals surface area contributed by atoms with Crippen LogP contribution in [-0.2, 0) is 0 Å². The van der Waals surface area contributed by atoms with Crippen molar-refractivity contribution in [2.75, 3.05) is 0 Å². The summed E-state index contributed by atoms with van der Waals surface area (Å²) in [6, 6.07) is 0. The summed E-state index contributed by atoms with van der Waals surface area (Å²) in [6.07, 6.45) is 18.6. The van der Waals surface area contributed by atoms with Gasteiger partial charge in [0.1, 0.15) is 0 Å². The Morgan fingerprint density at radius 1 is 1.07 bits per heavy atom. The molecule has 160 valence electrons. The van der Waals surface area contributed by atoms with Gasteiger partial charge in [-0.2, -0.15) is 0 Å². The highest BCUT2D eigenvalue weighted by molar-refractivity contribution is 9.09. The van der Waals surface area contributed by atoms with Gasteiger partial charge < -0.3 is 0 Å². The molecule has 0 nitrogen and oxygen atoms in total. The molecule has 0 bridgehead atoms. The Balaban J connectivity index is 1.57. The Morgan fingerprint density at radius 2 is 1.86 bits per heavy atom. The van der Waals surface area contributed by atoms with Crippen molar-refractivity contribution in [2.24, 2.45) is 46.3 Å². The van der Waals surface area contributed by atoms with Crippen LogP contribution in [0.4, 0.5) is 0 Å². The molecule has 0 heterocycles. The molecular formula is C27H45Br. The maximum atomic E-state index is 4.23. The summed E-state index contributed by atoms with van der Waals surface area (Å²) >= 11 is 4.23. The average Bonchev–Trinajstić information content (AvgIpc) is 3.00. The molecule has 4 aliphatic carbocycles. The van der Waals surface area contributed by atoms with Crippen LogP contribution in [0.25, 0.3) is 0 Å². The van der Waals surface area contributed by atoms with E-state index < -0.39 is 0 Å². The molecule has 1 heteroatoms. The molecule has 0 saturated heterocycles. The van der Waals surface area contributed by atoms with E-state index >= 15 is 0 Å². The Bertz CT molecular complexity index is 593. The lowest BCUT2D eigenvalue weighted by atomic mass is 9.46. The van der Waals surface area contributed by atoms with Crippen LogP contribution in [0.15, 0.2) is 11.6 Å². The number of hydrogen-bond donors (Lipinski definition) is 0. The lowest BCUT2D eigenvalue weighted by molar-refractivity contribution is -0.0492. The van der Waals surface area contributed by atoms with Crippen molar-refractivity contribution in [1.82, 2.24) is 0 Å². The van der Waals surface area contributed by atoms with Crippen molar-refractivity contribution in [3.63, 3.8) is 0 Å². The maximum Gasteiger partial charge on any atom is 0.0362 e. The standard InChI is InChI=1S/C27H45Br/c1-6-7-8-9-19(3)21-10-11-22-25-23(13-15-27(21,22)5)26(4)14-12-18(2)16-20(26)17-24(25)28/h17-19,21-25H,6-16H2,1-5H3/t18?,19-,21?,22?,23?,24?,25?,26+,27-/m1/s1. The van der Waals surface area contributed by atoms with Crippen LogP contribution in [0.2, 0.25) is 0 Å². The van der Waals surface area contributed by atoms with Crippen LogP contribution in [0.5, 0.6) is 0 Å². The van der Waals surface area contributed by atoms with E-state index in [0.717, 1.165) is 35.5 Å². The van der Waals surface area contributed by atoms with E-state index in [9.17, 15) is 0 Å². The highest BCUT2D eigenvalue weighted by atomic mass is 79.9. The predicted molar refractivity (Wildman–Crippen MR) is 126 cm³/mol. The first-order chi connectivity index (χ1) is 13.3. The van der Waals surface area contributed by atoms with Crippen molar-refractivity contribution < 1.29 is 0 Å². The SMILES string of the molecule is CCCCC[C@@H](C)C1CCC2C3C(Br)C=C4CC(C)CC[C@]4(C)C3CC[C@@]21C. The summed E-state index contributed by atoms with van der Waals surface area (Å²) in [5, 5.41) is 0. The van der Waals surface area contributed by atoms with Gasteiger partial charge in [-0.15, -0.1) is 0 Å². The van der Waals surface area contributed by atoms with Crippen LogP contribution >= 0.6 is 15.9 Å². The number of fused-ring (bicyclic) bond motifs is 5. The van der Waals surface area contributed by atoms with Crippen LogP contribution in [-0.4, -0.2) is 4.83 Å². The third-order valence-corrected chi connectivity index (χ3v) is 11.2. The van der Waals surface area contributed by atoms with Crippen molar-refractivity contribution >= 4 is 15.9 Å². The van der Waals surface area contributed by atoms with Gasteiger partial charge in [0.15, 0.2) is 0 Å². The zero-order chi connectivity index (χ0) is 20.1. The molecule has 6 unspecified atom stereocenters. The smallest absolute Gasteiger partial charge is 0.0362 e. The zero-order valence-electron chi connectivity index (χ0n) is 19.3. The quantitative estimate of drug-likeness (QED) is 0.223. The molecular weight excluding hydrogens is 404 g/mol. The fraction of sp³-hybridized carbons (Fsp3) is 0.926. The van der Waals surface area contributed by atoms with Gasteiger partial charge in [0.25, 0.3) is 0 Å². The third kappa shape index (κ3) is 3.38. The van der Waals surface area contributed by atoms with Crippen molar-refractivity contribution in [3.8, 4) is 0 Å². The monoisotopic (exact) mass is 448 g/mol. The topological polar surface area (TPSA) is 0 Å². The molecule has 0 radical (unpaired) electrons. The maximum absolute atomic E-state index is 4.23. The highest BCUT2D eigenvalue weighted by Crippen LogP contribution is 2.68. The van der Waals surface area contributed by atoms with E-state index in [4.69, 9.17) is 0 Å². The summed E-state index contributed by atoms with van der Waals surface area (Å²) in [4.78, 5) is 0.629. The average molecular weight is 450 g/mol. The molecule has 3 saturated carbocycles. The summed E-state index contributed by atoms with van der Waals surface area (Å²) in [5.74, 6) is 5.55. The minimum atomic E-state index is 0.508. The molecule has 28 heavy (non-hydrogen) atoms. The number of alkyl halides is 1. The minimum Gasteiger partial charge on any atom is -0.0842 e. The fourth-order valence-electron chi connectivity index (χ4n) is 8.68. The van der Waals surface area contributed by atoms with Crippen LogP contribution in [0.1, 0.15) is 105 Å². The molecule has 0 aromatic rings. The Hall–Kier alpha value is 0.220. The van der Waals surface area contributed by atoms with Gasteiger partial charge in [-0.3, -0.25) is 0 Å². The number of hydrogen-bond acceptors (Lipinski definition) is 0. The van der Waals surface area contributed by atoms with Gasteiger partial charge in [-0.25, -0.2) is 0 Å². The molecule has 0 N–H and O–H groups in total. The first-order valence-electron chi connectivity index (χ1n) is 12.7. The molecule has 4 rings (SSSR count). The second-order valence-electron chi connectivity index (χ2n) is 11.9. The Labute approximate surface area is 183 Å². The van der Waals surface area contributed by atoms with E-state index in [1.54, 1.807) is 0 Å². The van der Waals surface area contributed by atoms with E-state index in [1.165, 1.54) is 70.6 Å². The molecule has 9 atom stereocenters. The Kier molecular flexibility index (Phi) is 6.17. The lowest BCUT2D eigenvalue weighted by Gasteiger charge is -2.59. The zero-order valence-corrected chi connectivity index (χ0v) is 20.9. The molecule has 0 aromatic carbocycles. The lowest BCUT2D eigenvalue weighted by Crippen LogP contribution is -2.53. The number of halogens is 1. The van der Waals surface area contributed by atoms with Gasteiger partial charge in [0, 0.05) is 4.83 Å². The number of allylic oxidation sites excluding steroid dienone is 2. The number of rotatable bonds is 5. The van der Waals surface area contributed by atoms with Crippen LogP contribution in [0.3, 0.4) is 0 Å². The normalized spacial score (nSPS) is 49.0. The summed E-state index contributed by atoms with van der Waals surface area (Å²) in [6.45, 7) is 12.8. The molecule has 0 spiro atoms. The van der Waals surface area contributed by atoms with Gasteiger partial charge in [-0.05, 0) is 91.3 Å². The molecule has 4 aliphatic rings. The second kappa shape index (κ2) is 8.05. The summed E-state index contributed by atoms with van der Waals surface area (Å²) < 4.78 is 0. The molecule has 0 amide bonds.